The Balaban J connectivity index is 1.73. The molecule has 2 fully saturated rings. The molecule has 0 aromatic carbocycles. The normalized spacial score (nSPS) is 28.3. The lowest BCUT2D eigenvalue weighted by molar-refractivity contribution is -0.139. The first-order valence-electron chi connectivity index (χ1n) is 9.54. The molecule has 0 aromatic rings. The summed E-state index contributed by atoms with van der Waals surface area (Å²) in [7, 11) is 0. The molecule has 1 unspecified atom stereocenters. The monoisotopic (exact) mass is 319 g/mol. The van der Waals surface area contributed by atoms with Crippen LogP contribution in [0.25, 0.3) is 0 Å². The number of piperidine rings is 1. The van der Waals surface area contributed by atoms with Crippen LogP contribution >= 0.6 is 0 Å². The number of carbonyl (C=O) groups excluding carboxylic acids is 1. The van der Waals surface area contributed by atoms with Crippen LogP contribution in [-0.2, 0) is 9.53 Å². The van der Waals surface area contributed by atoms with Gasteiger partial charge in [0, 0.05) is 19.0 Å². The molecule has 23 heavy (non-hydrogen) atoms. The van der Waals surface area contributed by atoms with Gasteiger partial charge in [0.2, 0.25) is 5.91 Å². The average Bonchev–Trinajstić information content (AvgIpc) is 2.60. The van der Waals surface area contributed by atoms with E-state index in [2.05, 4.69) is 17.7 Å². The van der Waals surface area contributed by atoms with Crippen LogP contribution in [0.5, 0.6) is 0 Å². The molecule has 1 amide bonds. The van der Waals surface area contributed by atoms with Crippen molar-refractivity contribution in [3.05, 3.63) is 0 Å². The molecule has 3 nitrogen and oxygen atoms in total. The van der Waals surface area contributed by atoms with Gasteiger partial charge in [-0.3, -0.25) is 4.79 Å². The molecule has 1 saturated heterocycles. The zero-order chi connectivity index (χ0) is 16.5. The molecule has 1 heterocycles. The summed E-state index contributed by atoms with van der Waals surface area (Å²) >= 11 is 0. The molecule has 2 aliphatic rings. The Morgan fingerprint density at radius 1 is 1.22 bits per heavy atom. The zero-order valence-corrected chi connectivity index (χ0v) is 14.8. The van der Waals surface area contributed by atoms with Gasteiger partial charge in [-0.05, 0) is 50.4 Å². The van der Waals surface area contributed by atoms with Gasteiger partial charge in [-0.15, -0.1) is 6.42 Å². The number of carbonyl (C=O) groups is 1. The molecule has 0 bridgehead atoms. The molecule has 0 aromatic heterocycles. The Bertz CT molecular complexity index is 393. The van der Waals surface area contributed by atoms with Crippen LogP contribution in [0.1, 0.15) is 64.7 Å². The average molecular weight is 319 g/mol. The zero-order valence-electron chi connectivity index (χ0n) is 14.8. The van der Waals surface area contributed by atoms with E-state index >= 15 is 0 Å². The molecular formula is C20H33NO2. The Morgan fingerprint density at radius 2 is 2.00 bits per heavy atom. The van der Waals surface area contributed by atoms with E-state index in [9.17, 15) is 4.79 Å². The quantitative estimate of drug-likeness (QED) is 0.526. The van der Waals surface area contributed by atoms with Crippen molar-refractivity contribution < 1.29 is 9.53 Å². The van der Waals surface area contributed by atoms with Gasteiger partial charge >= 0.3 is 0 Å². The summed E-state index contributed by atoms with van der Waals surface area (Å²) in [5, 5.41) is 0. The highest BCUT2D eigenvalue weighted by Gasteiger charge is 2.31. The van der Waals surface area contributed by atoms with Crippen molar-refractivity contribution >= 4 is 5.91 Å². The van der Waals surface area contributed by atoms with Crippen molar-refractivity contribution in [2.45, 2.75) is 64.7 Å². The topological polar surface area (TPSA) is 29.5 Å². The number of likely N-dealkylation sites (tertiary alicyclic amines) is 1. The van der Waals surface area contributed by atoms with Gasteiger partial charge in [0.1, 0.15) is 6.61 Å². The fourth-order valence-electron chi connectivity index (χ4n) is 4.13. The summed E-state index contributed by atoms with van der Waals surface area (Å²) in [5.74, 6) is 4.51. The Hall–Kier alpha value is -1.01. The maximum Gasteiger partial charge on any atom is 0.225 e. The highest BCUT2D eigenvalue weighted by atomic mass is 16.5. The molecule has 130 valence electrons. The largest absolute Gasteiger partial charge is 0.368 e. The van der Waals surface area contributed by atoms with E-state index in [0.29, 0.717) is 25.0 Å². The molecule has 0 N–H and O–H groups in total. The summed E-state index contributed by atoms with van der Waals surface area (Å²) in [5.41, 5.74) is 0. The second kappa shape index (κ2) is 9.98. The van der Waals surface area contributed by atoms with Gasteiger partial charge in [0.25, 0.3) is 0 Å². The number of ether oxygens (including phenoxy) is 1. The van der Waals surface area contributed by atoms with E-state index in [4.69, 9.17) is 11.2 Å². The van der Waals surface area contributed by atoms with E-state index < -0.39 is 0 Å². The molecule has 2 rings (SSSR count). The summed E-state index contributed by atoms with van der Waals surface area (Å²) in [6.07, 6.45) is 16.2. The lowest BCUT2D eigenvalue weighted by atomic mass is 9.79. The van der Waals surface area contributed by atoms with Crippen LogP contribution in [0.15, 0.2) is 0 Å². The standard InChI is InChI=1S/C20H33NO2/c1-3-5-7-17-9-11-19(12-10-17)20(22)21-13-6-8-18(15-21)16-23-14-4-2/h2,17-19H,3,5-16H2,1H3. The molecule has 0 radical (unpaired) electrons. The van der Waals surface area contributed by atoms with Crippen LogP contribution in [-0.4, -0.2) is 37.1 Å². The molecule has 1 atom stereocenters. The van der Waals surface area contributed by atoms with Crippen LogP contribution in [0.4, 0.5) is 0 Å². The van der Waals surface area contributed by atoms with Crippen LogP contribution in [0, 0.1) is 30.1 Å². The second-order valence-electron chi connectivity index (χ2n) is 7.37. The first kappa shape index (κ1) is 18.3. The SMILES string of the molecule is C#CCOCC1CCCN(C(=O)C2CCC(CCCC)CC2)C1. The van der Waals surface area contributed by atoms with Crippen LogP contribution in [0.2, 0.25) is 0 Å². The Kier molecular flexibility index (Phi) is 7.95. The third-order valence-electron chi connectivity index (χ3n) is 5.53. The summed E-state index contributed by atoms with van der Waals surface area (Å²) in [6.45, 7) is 5.12. The number of amides is 1. The molecule has 1 aliphatic carbocycles. The third kappa shape index (κ3) is 5.84. The van der Waals surface area contributed by atoms with Gasteiger partial charge in [-0.1, -0.05) is 32.1 Å². The number of terminal acetylenes is 1. The van der Waals surface area contributed by atoms with Crippen molar-refractivity contribution in [1.29, 1.82) is 0 Å². The van der Waals surface area contributed by atoms with Crippen LogP contribution in [0.3, 0.4) is 0 Å². The number of rotatable bonds is 7. The lowest BCUT2D eigenvalue weighted by Crippen LogP contribution is -2.44. The Labute approximate surface area is 142 Å². The van der Waals surface area contributed by atoms with Gasteiger partial charge in [0.15, 0.2) is 0 Å². The van der Waals surface area contributed by atoms with E-state index in [1.165, 1.54) is 32.1 Å². The van der Waals surface area contributed by atoms with Crippen LogP contribution < -0.4 is 0 Å². The number of hydrogen-bond acceptors (Lipinski definition) is 2. The van der Waals surface area contributed by atoms with E-state index in [0.717, 1.165) is 44.7 Å². The fraction of sp³-hybridized carbons (Fsp3) is 0.850. The predicted octanol–water partition coefficient (Wildman–Crippen LogP) is 3.87. The Morgan fingerprint density at radius 3 is 2.70 bits per heavy atom. The summed E-state index contributed by atoms with van der Waals surface area (Å²) in [4.78, 5) is 14.9. The third-order valence-corrected chi connectivity index (χ3v) is 5.53. The van der Waals surface area contributed by atoms with Crippen molar-refractivity contribution in [3.8, 4) is 12.3 Å². The minimum atomic E-state index is 0.276. The van der Waals surface area contributed by atoms with E-state index in [1.54, 1.807) is 0 Å². The molecular weight excluding hydrogens is 286 g/mol. The molecule has 1 aliphatic heterocycles. The van der Waals surface area contributed by atoms with Crippen molar-refractivity contribution in [2.75, 3.05) is 26.3 Å². The first-order chi connectivity index (χ1) is 11.2. The number of nitrogens with zero attached hydrogens (tertiary/aromatic N) is 1. The fourth-order valence-corrected chi connectivity index (χ4v) is 4.13. The summed E-state index contributed by atoms with van der Waals surface area (Å²) < 4.78 is 5.47. The smallest absolute Gasteiger partial charge is 0.225 e. The predicted molar refractivity (Wildman–Crippen MR) is 93.9 cm³/mol. The van der Waals surface area contributed by atoms with Gasteiger partial charge in [-0.2, -0.15) is 0 Å². The summed E-state index contributed by atoms with van der Waals surface area (Å²) in [6, 6.07) is 0. The van der Waals surface area contributed by atoms with Gasteiger partial charge in [-0.25, -0.2) is 0 Å². The van der Waals surface area contributed by atoms with Crippen molar-refractivity contribution in [2.24, 2.45) is 17.8 Å². The van der Waals surface area contributed by atoms with E-state index in [-0.39, 0.29) is 5.92 Å². The van der Waals surface area contributed by atoms with E-state index in [1.807, 2.05) is 0 Å². The molecule has 1 saturated carbocycles. The van der Waals surface area contributed by atoms with Crippen molar-refractivity contribution in [1.82, 2.24) is 4.90 Å². The first-order valence-corrected chi connectivity index (χ1v) is 9.54. The van der Waals surface area contributed by atoms with Gasteiger partial charge in [0.05, 0.1) is 6.61 Å². The van der Waals surface area contributed by atoms with Gasteiger partial charge < -0.3 is 9.64 Å². The number of unbranched alkanes of at least 4 members (excludes halogenated alkanes) is 1. The molecule has 0 spiro atoms. The minimum Gasteiger partial charge on any atom is -0.368 e. The highest BCUT2D eigenvalue weighted by molar-refractivity contribution is 5.79. The number of hydrogen-bond donors (Lipinski definition) is 0. The molecule has 3 heteroatoms. The lowest BCUT2D eigenvalue weighted by Gasteiger charge is -2.37. The van der Waals surface area contributed by atoms with Crippen molar-refractivity contribution in [3.63, 3.8) is 0 Å². The highest BCUT2D eigenvalue weighted by Crippen LogP contribution is 2.33. The minimum absolute atomic E-state index is 0.276. The maximum atomic E-state index is 12.8. The maximum absolute atomic E-state index is 12.8. The second-order valence-corrected chi connectivity index (χ2v) is 7.37.